The molecule has 0 unspecified atom stereocenters. The Balaban J connectivity index is 2.70. The Kier molecular flexibility index (Phi) is 4.72. The predicted molar refractivity (Wildman–Crippen MR) is 63.4 cm³/mol. The van der Waals surface area contributed by atoms with Crippen LogP contribution in [0.4, 0.5) is 10.5 Å². The van der Waals surface area contributed by atoms with Gasteiger partial charge in [-0.1, -0.05) is 18.2 Å². The molecule has 6 heteroatoms. The highest BCUT2D eigenvalue weighted by atomic mass is 35.5. The van der Waals surface area contributed by atoms with E-state index in [0.29, 0.717) is 5.69 Å². The molecule has 0 aliphatic carbocycles. The van der Waals surface area contributed by atoms with Gasteiger partial charge >= 0.3 is 6.03 Å². The maximum absolute atomic E-state index is 11.5. The minimum Gasteiger partial charge on any atom is -0.306 e. The van der Waals surface area contributed by atoms with Crippen LogP contribution in [0.3, 0.4) is 0 Å². The van der Waals surface area contributed by atoms with Gasteiger partial charge in [0.25, 0.3) is 0 Å². The van der Waals surface area contributed by atoms with Crippen molar-refractivity contribution in [2.45, 2.75) is 6.92 Å². The number of halogens is 1. The molecule has 1 rings (SSSR count). The Labute approximate surface area is 98.3 Å². The van der Waals surface area contributed by atoms with Gasteiger partial charge in [-0.25, -0.2) is 4.79 Å². The van der Waals surface area contributed by atoms with E-state index in [-0.39, 0.29) is 12.4 Å². The minimum atomic E-state index is -0.579. The normalized spacial score (nSPS) is 9.62. The van der Waals surface area contributed by atoms with Gasteiger partial charge in [0.2, 0.25) is 0 Å². The van der Waals surface area contributed by atoms with E-state index in [2.05, 4.69) is 10.6 Å². The fourth-order valence-corrected chi connectivity index (χ4v) is 1.31. The highest BCUT2D eigenvalue weighted by molar-refractivity contribution is 6.18. The smallest absolute Gasteiger partial charge is 0.306 e. The topological polar surface area (TPSA) is 61.8 Å². The Morgan fingerprint density at radius 1 is 1.50 bits per heavy atom. The van der Waals surface area contributed by atoms with Gasteiger partial charge in [-0.3, -0.25) is 0 Å². The number of nitrogens with zero attached hydrogens (tertiary/aromatic N) is 2. The van der Waals surface area contributed by atoms with Crippen molar-refractivity contribution in [3.8, 4) is 0 Å². The lowest BCUT2D eigenvalue weighted by atomic mass is 10.2. The summed E-state index contributed by atoms with van der Waals surface area (Å²) in [7, 11) is 0. The third kappa shape index (κ3) is 3.20. The van der Waals surface area contributed by atoms with E-state index >= 15 is 0 Å². The number of carbonyl (C=O) groups excluding carboxylic acids is 1. The summed E-state index contributed by atoms with van der Waals surface area (Å²) >= 11 is 5.43. The van der Waals surface area contributed by atoms with E-state index in [0.717, 1.165) is 10.6 Å². The standard InChI is InChI=1S/C10H12ClN3O2/c1-8-4-2-3-5-9(8)12-10(15)14(13-16)7-6-11/h2-5H,6-7H2,1H3,(H,12,15). The van der Waals surface area contributed by atoms with Crippen LogP contribution in [0.15, 0.2) is 29.6 Å². The summed E-state index contributed by atoms with van der Waals surface area (Å²) in [5.41, 5.74) is 1.56. The van der Waals surface area contributed by atoms with Crippen LogP contribution in [0.2, 0.25) is 0 Å². The average Bonchev–Trinajstić information content (AvgIpc) is 2.29. The summed E-state index contributed by atoms with van der Waals surface area (Å²) in [5.74, 6) is 0.160. The summed E-state index contributed by atoms with van der Waals surface area (Å²) in [6, 6.07) is 6.68. The van der Waals surface area contributed by atoms with Crippen molar-refractivity contribution in [1.29, 1.82) is 0 Å². The third-order valence-electron chi connectivity index (χ3n) is 2.02. The average molecular weight is 242 g/mol. The molecule has 0 saturated carbocycles. The quantitative estimate of drug-likeness (QED) is 0.501. The molecule has 0 spiro atoms. The number of nitrogens with one attached hydrogen (secondary N) is 1. The van der Waals surface area contributed by atoms with Crippen molar-refractivity contribution >= 4 is 23.3 Å². The van der Waals surface area contributed by atoms with Crippen molar-refractivity contribution in [3.05, 3.63) is 34.7 Å². The van der Waals surface area contributed by atoms with Gasteiger partial charge in [0.15, 0.2) is 0 Å². The molecule has 0 aliphatic heterocycles. The van der Waals surface area contributed by atoms with E-state index in [1.54, 1.807) is 12.1 Å². The molecule has 1 aromatic rings. The number of rotatable bonds is 4. The first-order valence-corrected chi connectivity index (χ1v) is 5.26. The van der Waals surface area contributed by atoms with E-state index in [4.69, 9.17) is 11.6 Å². The number of urea groups is 1. The number of alkyl halides is 1. The molecule has 0 radical (unpaired) electrons. The van der Waals surface area contributed by atoms with Crippen LogP contribution >= 0.6 is 11.6 Å². The number of aryl methyl sites for hydroxylation is 1. The van der Waals surface area contributed by atoms with E-state index in [1.807, 2.05) is 19.1 Å². The Morgan fingerprint density at radius 2 is 2.19 bits per heavy atom. The molecule has 1 N–H and O–H groups in total. The number of nitroso groups, excluding NO2 is 1. The predicted octanol–water partition coefficient (Wildman–Crippen LogP) is 2.75. The SMILES string of the molecule is Cc1ccccc1NC(=O)N(CCCl)N=O. The number of para-hydroxylation sites is 1. The zero-order valence-corrected chi connectivity index (χ0v) is 9.57. The van der Waals surface area contributed by atoms with Crippen LogP contribution in [0.1, 0.15) is 5.56 Å². The van der Waals surface area contributed by atoms with Crippen LogP contribution in [-0.4, -0.2) is 23.5 Å². The van der Waals surface area contributed by atoms with Gasteiger partial charge in [0, 0.05) is 11.6 Å². The minimum absolute atomic E-state index is 0.0861. The fraction of sp³-hybridized carbons (Fsp3) is 0.300. The molecule has 86 valence electrons. The zero-order valence-electron chi connectivity index (χ0n) is 8.81. The van der Waals surface area contributed by atoms with Crippen LogP contribution in [0, 0.1) is 11.8 Å². The lowest BCUT2D eigenvalue weighted by molar-refractivity contribution is 0.216. The Bertz CT molecular complexity index is 384. The molecular weight excluding hydrogens is 230 g/mol. The second-order valence-electron chi connectivity index (χ2n) is 3.14. The van der Waals surface area contributed by atoms with Crippen molar-refractivity contribution in [3.63, 3.8) is 0 Å². The summed E-state index contributed by atoms with van der Waals surface area (Å²) < 4.78 is 0. The van der Waals surface area contributed by atoms with Gasteiger partial charge in [-0.05, 0) is 18.6 Å². The third-order valence-corrected chi connectivity index (χ3v) is 2.19. The highest BCUT2D eigenvalue weighted by Crippen LogP contribution is 2.13. The second kappa shape index (κ2) is 6.07. The van der Waals surface area contributed by atoms with Gasteiger partial charge in [-0.2, -0.15) is 5.01 Å². The summed E-state index contributed by atoms with van der Waals surface area (Å²) in [6.45, 7) is 1.94. The zero-order chi connectivity index (χ0) is 12.0. The van der Waals surface area contributed by atoms with Gasteiger partial charge in [-0.15, -0.1) is 16.5 Å². The molecule has 2 amide bonds. The van der Waals surface area contributed by atoms with Gasteiger partial charge < -0.3 is 5.32 Å². The highest BCUT2D eigenvalue weighted by Gasteiger charge is 2.13. The number of hydrogen-bond acceptors (Lipinski definition) is 3. The van der Waals surface area contributed by atoms with E-state index in [9.17, 15) is 9.70 Å². The summed E-state index contributed by atoms with van der Waals surface area (Å²) in [5, 5.41) is 5.92. The molecule has 0 atom stereocenters. The second-order valence-corrected chi connectivity index (χ2v) is 3.52. The molecule has 0 aromatic heterocycles. The van der Waals surface area contributed by atoms with Crippen LogP contribution in [0.5, 0.6) is 0 Å². The lowest BCUT2D eigenvalue weighted by Gasteiger charge is -2.13. The maximum atomic E-state index is 11.5. The summed E-state index contributed by atoms with van der Waals surface area (Å²) in [4.78, 5) is 21.9. The number of hydrogen-bond donors (Lipinski definition) is 1. The molecule has 0 bridgehead atoms. The van der Waals surface area contributed by atoms with Crippen molar-refractivity contribution in [1.82, 2.24) is 5.01 Å². The van der Waals surface area contributed by atoms with Crippen LogP contribution in [0.25, 0.3) is 0 Å². The monoisotopic (exact) mass is 241 g/mol. The van der Waals surface area contributed by atoms with Gasteiger partial charge in [0.05, 0.1) is 11.8 Å². The first-order chi connectivity index (χ1) is 7.69. The first kappa shape index (κ1) is 12.4. The molecule has 0 saturated heterocycles. The molecule has 0 heterocycles. The Morgan fingerprint density at radius 3 is 2.75 bits per heavy atom. The molecule has 0 aliphatic rings. The molecule has 5 nitrogen and oxygen atoms in total. The largest absolute Gasteiger partial charge is 0.344 e. The van der Waals surface area contributed by atoms with Crippen molar-refractivity contribution in [2.24, 2.45) is 5.29 Å². The molecule has 1 aromatic carbocycles. The van der Waals surface area contributed by atoms with E-state index < -0.39 is 6.03 Å². The number of benzene rings is 1. The first-order valence-electron chi connectivity index (χ1n) is 4.72. The number of carbonyl (C=O) groups is 1. The fourth-order valence-electron chi connectivity index (χ4n) is 1.15. The van der Waals surface area contributed by atoms with Gasteiger partial charge in [0.1, 0.15) is 0 Å². The Hall–Kier alpha value is -1.62. The van der Waals surface area contributed by atoms with Crippen LogP contribution in [-0.2, 0) is 0 Å². The summed E-state index contributed by atoms with van der Waals surface area (Å²) in [6.07, 6.45) is 0. The number of anilines is 1. The van der Waals surface area contributed by atoms with Crippen molar-refractivity contribution in [2.75, 3.05) is 17.7 Å². The molecule has 0 fully saturated rings. The van der Waals surface area contributed by atoms with Crippen LogP contribution < -0.4 is 5.32 Å². The maximum Gasteiger partial charge on any atom is 0.344 e. The lowest BCUT2D eigenvalue weighted by Crippen LogP contribution is -2.31. The molecular formula is C10H12ClN3O2. The molecule has 16 heavy (non-hydrogen) atoms. The van der Waals surface area contributed by atoms with E-state index in [1.165, 1.54) is 0 Å². The number of amides is 2. The van der Waals surface area contributed by atoms with Crippen molar-refractivity contribution < 1.29 is 4.79 Å².